The summed E-state index contributed by atoms with van der Waals surface area (Å²) in [5.74, 6) is 2.49. The van der Waals surface area contributed by atoms with E-state index >= 15 is 0 Å². The number of hydrogen-bond donors (Lipinski definition) is 0. The van der Waals surface area contributed by atoms with Crippen molar-refractivity contribution >= 4 is 0 Å². The Bertz CT molecular complexity index is 606. The van der Waals surface area contributed by atoms with Crippen LogP contribution in [0.2, 0.25) is 0 Å². The Morgan fingerprint density at radius 1 is 0.857 bits per heavy atom. The normalized spacial score (nSPS) is 29.1. The molecule has 2 fully saturated rings. The Hall–Kier alpha value is -1.52. The topological polar surface area (TPSA) is 9.23 Å². The minimum absolute atomic E-state index is 0.151. The minimum Gasteiger partial charge on any atom is -0.406 e. The molecule has 2 aliphatic rings. The largest absolute Gasteiger partial charge is 0.573 e. The van der Waals surface area contributed by atoms with Gasteiger partial charge in [-0.1, -0.05) is 24.3 Å². The zero-order valence-corrected chi connectivity index (χ0v) is 16.3. The van der Waals surface area contributed by atoms with Gasteiger partial charge in [0, 0.05) is 0 Å². The van der Waals surface area contributed by atoms with Crippen LogP contribution in [0.15, 0.2) is 36.4 Å². The number of ether oxygens (including phenoxy) is 1. The molecule has 0 aliphatic heterocycles. The zero-order chi connectivity index (χ0) is 20.0. The summed E-state index contributed by atoms with van der Waals surface area (Å²) < 4.78 is 53.0. The molecule has 0 bridgehead atoms. The molecule has 0 saturated heterocycles. The highest BCUT2D eigenvalue weighted by molar-refractivity contribution is 5.29. The van der Waals surface area contributed by atoms with Gasteiger partial charge in [-0.05, 0) is 99.2 Å². The first-order valence-electron chi connectivity index (χ1n) is 10.5. The molecule has 156 valence electrons. The lowest BCUT2D eigenvalue weighted by molar-refractivity contribution is -0.274. The summed E-state index contributed by atoms with van der Waals surface area (Å²) >= 11 is 0. The van der Waals surface area contributed by atoms with E-state index in [1.165, 1.54) is 50.7 Å². The van der Waals surface area contributed by atoms with Crippen molar-refractivity contribution in [3.05, 3.63) is 42.0 Å². The van der Waals surface area contributed by atoms with Gasteiger partial charge in [0.05, 0.1) is 6.67 Å². The molecule has 5 heteroatoms. The first kappa shape index (κ1) is 21.2. The van der Waals surface area contributed by atoms with Crippen LogP contribution in [-0.2, 0) is 0 Å². The molecular weight excluding hydrogens is 368 g/mol. The number of halogens is 4. The highest BCUT2D eigenvalue weighted by Crippen LogP contribution is 2.44. The first-order chi connectivity index (χ1) is 13.4. The quantitative estimate of drug-likeness (QED) is 0.354. The Kier molecular flexibility index (Phi) is 7.42. The molecule has 2 aliphatic carbocycles. The van der Waals surface area contributed by atoms with Crippen LogP contribution in [0, 0.1) is 17.8 Å². The van der Waals surface area contributed by atoms with Gasteiger partial charge in [0.15, 0.2) is 0 Å². The van der Waals surface area contributed by atoms with Gasteiger partial charge < -0.3 is 4.74 Å². The fourth-order valence-electron chi connectivity index (χ4n) is 5.03. The molecule has 1 aromatic carbocycles. The molecule has 1 nitrogen and oxygen atoms in total. The maximum absolute atomic E-state index is 12.3. The van der Waals surface area contributed by atoms with Crippen LogP contribution in [0.1, 0.15) is 69.3 Å². The van der Waals surface area contributed by atoms with Crippen molar-refractivity contribution in [2.45, 2.75) is 70.1 Å². The Morgan fingerprint density at radius 3 is 1.96 bits per heavy atom. The van der Waals surface area contributed by atoms with Crippen LogP contribution in [0.4, 0.5) is 17.6 Å². The van der Waals surface area contributed by atoms with Crippen LogP contribution in [0.3, 0.4) is 0 Å². The lowest BCUT2D eigenvalue weighted by Gasteiger charge is -2.37. The summed E-state index contributed by atoms with van der Waals surface area (Å²) in [6, 6.07) is 6.40. The third-order valence-electron chi connectivity index (χ3n) is 6.52. The van der Waals surface area contributed by atoms with Gasteiger partial charge in [0.25, 0.3) is 0 Å². The van der Waals surface area contributed by atoms with Crippen molar-refractivity contribution in [1.29, 1.82) is 0 Å². The smallest absolute Gasteiger partial charge is 0.406 e. The molecule has 0 unspecified atom stereocenters. The number of rotatable bonds is 6. The lowest BCUT2D eigenvalue weighted by Crippen LogP contribution is -2.25. The fourth-order valence-corrected chi connectivity index (χ4v) is 5.03. The van der Waals surface area contributed by atoms with E-state index in [-0.39, 0.29) is 12.4 Å². The zero-order valence-electron chi connectivity index (χ0n) is 16.3. The second kappa shape index (κ2) is 9.80. The third kappa shape index (κ3) is 6.25. The van der Waals surface area contributed by atoms with E-state index in [0.717, 1.165) is 30.2 Å². The summed E-state index contributed by atoms with van der Waals surface area (Å²) in [5.41, 5.74) is 1.12. The summed E-state index contributed by atoms with van der Waals surface area (Å²) in [6.45, 7) is -0.271. The molecule has 3 rings (SSSR count). The number of alkyl halides is 4. The lowest BCUT2D eigenvalue weighted by atomic mass is 9.68. The van der Waals surface area contributed by atoms with E-state index in [1.807, 2.05) is 6.08 Å². The monoisotopic (exact) mass is 398 g/mol. The van der Waals surface area contributed by atoms with Crippen molar-refractivity contribution in [3.8, 4) is 5.75 Å². The third-order valence-corrected chi connectivity index (χ3v) is 6.52. The molecule has 0 N–H and O–H groups in total. The van der Waals surface area contributed by atoms with Crippen molar-refractivity contribution in [2.75, 3.05) is 6.67 Å². The highest BCUT2D eigenvalue weighted by atomic mass is 19.4. The standard InChI is InChI=1S/C23H30F4O/c24-16-2-1-3-17-4-6-18(7-5-17)19-8-10-20(11-9-19)21-12-14-22(15-13-21)28-23(25,26)27/h1,3,12-15,17-20H,2,4-11,16H2/t17-,18-,19-,20-. The van der Waals surface area contributed by atoms with E-state index in [0.29, 0.717) is 18.3 Å². The molecule has 2 saturated carbocycles. The molecule has 0 amide bonds. The minimum atomic E-state index is -4.64. The molecule has 0 heterocycles. The van der Waals surface area contributed by atoms with Gasteiger partial charge in [0.1, 0.15) is 5.75 Å². The number of hydrogen-bond acceptors (Lipinski definition) is 1. The van der Waals surface area contributed by atoms with Crippen LogP contribution in [0.25, 0.3) is 0 Å². The van der Waals surface area contributed by atoms with Gasteiger partial charge >= 0.3 is 6.36 Å². The molecule has 0 aromatic heterocycles. The van der Waals surface area contributed by atoms with Crippen molar-refractivity contribution in [3.63, 3.8) is 0 Å². The van der Waals surface area contributed by atoms with E-state index in [1.54, 1.807) is 12.1 Å². The summed E-state index contributed by atoms with van der Waals surface area (Å²) in [7, 11) is 0. The van der Waals surface area contributed by atoms with Crippen LogP contribution in [0.5, 0.6) is 5.75 Å². The predicted molar refractivity (Wildman–Crippen MR) is 103 cm³/mol. The summed E-state index contributed by atoms with van der Waals surface area (Å²) in [4.78, 5) is 0. The Balaban J connectivity index is 1.43. The maximum Gasteiger partial charge on any atom is 0.573 e. The van der Waals surface area contributed by atoms with E-state index < -0.39 is 6.36 Å². The average Bonchev–Trinajstić information content (AvgIpc) is 2.68. The maximum atomic E-state index is 12.3. The average molecular weight is 398 g/mol. The van der Waals surface area contributed by atoms with Gasteiger partial charge in [0.2, 0.25) is 0 Å². The van der Waals surface area contributed by atoms with E-state index in [4.69, 9.17) is 0 Å². The number of allylic oxidation sites excluding steroid dienone is 2. The van der Waals surface area contributed by atoms with Gasteiger partial charge in [-0.15, -0.1) is 13.2 Å². The predicted octanol–water partition coefficient (Wildman–Crippen LogP) is 7.58. The van der Waals surface area contributed by atoms with Crippen LogP contribution in [-0.4, -0.2) is 13.0 Å². The van der Waals surface area contributed by atoms with Gasteiger partial charge in [-0.2, -0.15) is 0 Å². The van der Waals surface area contributed by atoms with Gasteiger partial charge in [-0.3, -0.25) is 4.39 Å². The van der Waals surface area contributed by atoms with Crippen molar-refractivity contribution < 1.29 is 22.3 Å². The molecule has 28 heavy (non-hydrogen) atoms. The Labute approximate surface area is 165 Å². The fraction of sp³-hybridized carbons (Fsp3) is 0.652. The molecule has 0 spiro atoms. The van der Waals surface area contributed by atoms with Crippen LogP contribution >= 0.6 is 0 Å². The Morgan fingerprint density at radius 2 is 1.43 bits per heavy atom. The molecule has 0 radical (unpaired) electrons. The van der Waals surface area contributed by atoms with E-state index in [2.05, 4.69) is 10.8 Å². The highest BCUT2D eigenvalue weighted by Gasteiger charge is 2.32. The second-order valence-corrected chi connectivity index (χ2v) is 8.31. The molecular formula is C23H30F4O. The van der Waals surface area contributed by atoms with Gasteiger partial charge in [-0.25, -0.2) is 0 Å². The van der Waals surface area contributed by atoms with Crippen molar-refractivity contribution in [1.82, 2.24) is 0 Å². The van der Waals surface area contributed by atoms with Crippen LogP contribution < -0.4 is 4.74 Å². The SMILES string of the molecule is FCCC=C[C@H]1CC[C@H]([C@H]2CC[C@H](c3ccc(OC(F)(F)F)cc3)CC2)CC1. The first-order valence-corrected chi connectivity index (χ1v) is 10.5. The van der Waals surface area contributed by atoms with Crippen molar-refractivity contribution in [2.24, 2.45) is 17.8 Å². The second-order valence-electron chi connectivity index (χ2n) is 8.31. The summed E-state index contributed by atoms with van der Waals surface area (Å²) in [5, 5.41) is 0. The molecule has 1 aromatic rings. The van der Waals surface area contributed by atoms with E-state index in [9.17, 15) is 17.6 Å². The summed E-state index contributed by atoms with van der Waals surface area (Å²) in [6.07, 6.45) is 9.70. The number of benzene rings is 1. The molecule has 0 atom stereocenters.